The van der Waals surface area contributed by atoms with Crippen LogP contribution in [0.25, 0.3) is 0 Å². The van der Waals surface area contributed by atoms with Crippen LogP contribution in [0.15, 0.2) is 30.3 Å². The van der Waals surface area contributed by atoms with E-state index in [0.29, 0.717) is 12.5 Å². The maximum atomic E-state index is 12.0. The first-order chi connectivity index (χ1) is 9.41. The van der Waals surface area contributed by atoms with Crippen LogP contribution >= 0.6 is 0 Å². The predicted molar refractivity (Wildman–Crippen MR) is 84.2 cm³/mol. The molecule has 0 saturated carbocycles. The Hall–Kier alpha value is -0.910. The minimum atomic E-state index is -3.21. The lowest BCUT2D eigenvalue weighted by molar-refractivity contribution is 0.549. The zero-order chi connectivity index (χ0) is 15.0. The summed E-state index contributed by atoms with van der Waals surface area (Å²) in [5, 5.41) is 3.28. The first kappa shape index (κ1) is 17.1. The van der Waals surface area contributed by atoms with E-state index in [-0.39, 0.29) is 11.8 Å². The molecule has 4 nitrogen and oxygen atoms in total. The largest absolute Gasteiger partial charge is 0.315 e. The van der Waals surface area contributed by atoms with Crippen LogP contribution < -0.4 is 10.0 Å². The molecule has 5 heteroatoms. The highest BCUT2D eigenvalue weighted by Gasteiger charge is 2.15. The highest BCUT2D eigenvalue weighted by atomic mass is 32.2. The fraction of sp³-hybridized carbons (Fsp3) is 0.600. The summed E-state index contributed by atoms with van der Waals surface area (Å²) < 4.78 is 26.7. The molecule has 0 aliphatic carbocycles. The van der Waals surface area contributed by atoms with Crippen molar-refractivity contribution in [1.29, 1.82) is 0 Å². The Kier molecular flexibility index (Phi) is 7.19. The Morgan fingerprint density at radius 1 is 1.05 bits per heavy atom. The van der Waals surface area contributed by atoms with Gasteiger partial charge in [0.25, 0.3) is 0 Å². The Morgan fingerprint density at radius 3 is 2.30 bits per heavy atom. The maximum absolute atomic E-state index is 12.0. The molecule has 1 unspecified atom stereocenters. The van der Waals surface area contributed by atoms with Gasteiger partial charge in [0, 0.05) is 12.1 Å². The smallest absolute Gasteiger partial charge is 0.212 e. The van der Waals surface area contributed by atoms with E-state index in [2.05, 4.69) is 23.9 Å². The lowest BCUT2D eigenvalue weighted by atomic mass is 10.1. The molecule has 0 radical (unpaired) electrons. The Morgan fingerprint density at radius 2 is 1.70 bits per heavy atom. The molecule has 1 rings (SSSR count). The monoisotopic (exact) mass is 298 g/mol. The highest BCUT2D eigenvalue weighted by molar-refractivity contribution is 7.89. The number of hydrogen-bond acceptors (Lipinski definition) is 3. The van der Waals surface area contributed by atoms with Crippen LogP contribution in [0.2, 0.25) is 0 Å². The molecule has 0 bridgehead atoms. The van der Waals surface area contributed by atoms with E-state index in [0.717, 1.165) is 18.5 Å². The number of nitrogens with one attached hydrogen (secondary N) is 2. The van der Waals surface area contributed by atoms with Crippen molar-refractivity contribution in [2.45, 2.75) is 45.7 Å². The second-order valence-corrected chi connectivity index (χ2v) is 7.26. The molecule has 0 aromatic heterocycles. The molecular weight excluding hydrogens is 272 g/mol. The van der Waals surface area contributed by atoms with Gasteiger partial charge in [-0.25, -0.2) is 13.1 Å². The van der Waals surface area contributed by atoms with Crippen molar-refractivity contribution in [3.63, 3.8) is 0 Å². The van der Waals surface area contributed by atoms with Crippen LogP contribution in [-0.2, 0) is 10.0 Å². The van der Waals surface area contributed by atoms with Gasteiger partial charge in [-0.05, 0) is 31.9 Å². The summed E-state index contributed by atoms with van der Waals surface area (Å²) in [6.45, 7) is 6.90. The van der Waals surface area contributed by atoms with Crippen LogP contribution in [0, 0.1) is 0 Å². The standard InChI is InChI=1S/C15H26N2O2S/c1-13(2)16-11-7-8-12-20(18,19)17-14(3)15-9-5-4-6-10-15/h4-6,9-10,13-14,16-17H,7-8,11-12H2,1-3H3. The Bertz CT molecular complexity index is 472. The van der Waals surface area contributed by atoms with Gasteiger partial charge in [0.15, 0.2) is 0 Å². The van der Waals surface area contributed by atoms with Crippen LogP contribution in [0.1, 0.15) is 45.2 Å². The fourth-order valence-electron chi connectivity index (χ4n) is 1.95. The van der Waals surface area contributed by atoms with Crippen LogP contribution in [0.4, 0.5) is 0 Å². The van der Waals surface area contributed by atoms with Gasteiger partial charge in [0.05, 0.1) is 5.75 Å². The molecule has 0 saturated heterocycles. The van der Waals surface area contributed by atoms with Crippen molar-refractivity contribution in [1.82, 2.24) is 10.0 Å². The normalized spacial score (nSPS) is 13.6. The maximum Gasteiger partial charge on any atom is 0.212 e. The third kappa shape index (κ3) is 7.03. The highest BCUT2D eigenvalue weighted by Crippen LogP contribution is 2.12. The average molecular weight is 298 g/mol. The minimum Gasteiger partial charge on any atom is -0.315 e. The third-order valence-electron chi connectivity index (χ3n) is 3.05. The van der Waals surface area contributed by atoms with Gasteiger partial charge in [-0.2, -0.15) is 0 Å². The topological polar surface area (TPSA) is 58.2 Å². The van der Waals surface area contributed by atoms with E-state index < -0.39 is 10.0 Å². The first-order valence-corrected chi connectivity index (χ1v) is 8.84. The van der Waals surface area contributed by atoms with E-state index in [1.807, 2.05) is 37.3 Å². The second kappa shape index (κ2) is 8.39. The number of sulfonamides is 1. The van der Waals surface area contributed by atoms with Crippen molar-refractivity contribution in [2.24, 2.45) is 0 Å². The molecular formula is C15H26N2O2S. The molecule has 0 fully saturated rings. The molecule has 0 aliphatic rings. The van der Waals surface area contributed by atoms with Gasteiger partial charge < -0.3 is 5.32 Å². The molecule has 114 valence electrons. The predicted octanol–water partition coefficient (Wildman–Crippen LogP) is 2.45. The van der Waals surface area contributed by atoms with Crippen molar-refractivity contribution < 1.29 is 8.42 Å². The van der Waals surface area contributed by atoms with Crippen LogP contribution in [0.3, 0.4) is 0 Å². The number of unbranched alkanes of at least 4 members (excludes halogenated alkanes) is 1. The minimum absolute atomic E-state index is 0.184. The van der Waals surface area contributed by atoms with Gasteiger partial charge in [-0.3, -0.25) is 0 Å². The van der Waals surface area contributed by atoms with Gasteiger partial charge >= 0.3 is 0 Å². The van der Waals surface area contributed by atoms with Crippen molar-refractivity contribution in [3.05, 3.63) is 35.9 Å². The van der Waals surface area contributed by atoms with E-state index >= 15 is 0 Å². The second-order valence-electron chi connectivity index (χ2n) is 5.39. The van der Waals surface area contributed by atoms with E-state index in [1.165, 1.54) is 0 Å². The summed E-state index contributed by atoms with van der Waals surface area (Å²) >= 11 is 0. The molecule has 0 amide bonds. The van der Waals surface area contributed by atoms with Crippen LogP contribution in [0.5, 0.6) is 0 Å². The summed E-state index contributed by atoms with van der Waals surface area (Å²) in [7, 11) is -3.21. The molecule has 2 N–H and O–H groups in total. The first-order valence-electron chi connectivity index (χ1n) is 7.19. The SMILES string of the molecule is CC(C)NCCCCS(=O)(=O)NC(C)c1ccccc1. The molecule has 1 aromatic carbocycles. The summed E-state index contributed by atoms with van der Waals surface area (Å²) in [6.07, 6.45) is 1.55. The Balaban J connectivity index is 2.34. The number of benzene rings is 1. The number of rotatable bonds is 9. The van der Waals surface area contributed by atoms with E-state index in [9.17, 15) is 8.42 Å². The van der Waals surface area contributed by atoms with Gasteiger partial charge in [-0.1, -0.05) is 44.2 Å². The summed E-state index contributed by atoms with van der Waals surface area (Å²) in [4.78, 5) is 0. The van der Waals surface area contributed by atoms with Gasteiger partial charge in [-0.15, -0.1) is 0 Å². The molecule has 1 aromatic rings. The quantitative estimate of drug-likeness (QED) is 0.689. The fourth-order valence-corrected chi connectivity index (χ4v) is 3.32. The van der Waals surface area contributed by atoms with Crippen molar-refractivity contribution >= 4 is 10.0 Å². The molecule has 20 heavy (non-hydrogen) atoms. The van der Waals surface area contributed by atoms with Crippen molar-refractivity contribution in [2.75, 3.05) is 12.3 Å². The zero-order valence-electron chi connectivity index (χ0n) is 12.6. The molecule has 1 atom stereocenters. The zero-order valence-corrected chi connectivity index (χ0v) is 13.4. The molecule has 0 spiro atoms. The lowest BCUT2D eigenvalue weighted by Crippen LogP contribution is -2.30. The summed E-state index contributed by atoms with van der Waals surface area (Å²) in [5.74, 6) is 0.184. The lowest BCUT2D eigenvalue weighted by Gasteiger charge is -2.14. The van der Waals surface area contributed by atoms with Crippen LogP contribution in [-0.4, -0.2) is 26.8 Å². The van der Waals surface area contributed by atoms with E-state index in [1.54, 1.807) is 0 Å². The average Bonchev–Trinajstić information content (AvgIpc) is 2.38. The molecule has 0 heterocycles. The summed E-state index contributed by atoms with van der Waals surface area (Å²) in [6, 6.07) is 9.87. The third-order valence-corrected chi connectivity index (χ3v) is 4.59. The summed E-state index contributed by atoms with van der Waals surface area (Å²) in [5.41, 5.74) is 0.984. The van der Waals surface area contributed by atoms with E-state index in [4.69, 9.17) is 0 Å². The number of hydrogen-bond donors (Lipinski definition) is 2. The van der Waals surface area contributed by atoms with Gasteiger partial charge in [0.2, 0.25) is 10.0 Å². The van der Waals surface area contributed by atoms with Gasteiger partial charge in [0.1, 0.15) is 0 Å². The molecule has 0 aliphatic heterocycles. The van der Waals surface area contributed by atoms with Crippen molar-refractivity contribution in [3.8, 4) is 0 Å². The Labute approximate surface area is 123 Å².